The molecule has 0 radical (unpaired) electrons. The molecule has 0 unspecified atom stereocenters. The van der Waals surface area contributed by atoms with Gasteiger partial charge in [0, 0.05) is 8.95 Å². The first-order valence-corrected chi connectivity index (χ1v) is 7.96. The van der Waals surface area contributed by atoms with Gasteiger partial charge >= 0.3 is 0 Å². The van der Waals surface area contributed by atoms with Crippen molar-refractivity contribution in [3.05, 3.63) is 48.2 Å². The van der Waals surface area contributed by atoms with E-state index < -0.39 is 0 Å². The van der Waals surface area contributed by atoms with Crippen LogP contribution in [0.5, 0.6) is 17.2 Å². The van der Waals surface area contributed by atoms with Crippen LogP contribution in [-0.2, 0) is 0 Å². The standard InChI is InChI=1S/C12H6Br4O2/c13-6-1-4-10(8(15)5-6)18-12-9(17)3-2-7(14)11(12)16/h1-5,17H. The fourth-order valence-electron chi connectivity index (χ4n) is 1.29. The Kier molecular flexibility index (Phi) is 4.75. The molecule has 0 atom stereocenters. The highest BCUT2D eigenvalue weighted by atomic mass is 79.9. The second-order valence-corrected chi connectivity index (χ2v) is 6.80. The third-order valence-corrected chi connectivity index (χ3v) is 5.23. The zero-order valence-electron chi connectivity index (χ0n) is 8.75. The Morgan fingerprint density at radius 3 is 2.28 bits per heavy atom. The lowest BCUT2D eigenvalue weighted by molar-refractivity contribution is 0.407. The Morgan fingerprint density at radius 2 is 1.61 bits per heavy atom. The molecule has 2 nitrogen and oxygen atoms in total. The molecule has 0 heterocycles. The molecule has 0 aliphatic rings. The van der Waals surface area contributed by atoms with Gasteiger partial charge in [0.25, 0.3) is 0 Å². The van der Waals surface area contributed by atoms with Gasteiger partial charge in [-0.1, -0.05) is 15.9 Å². The van der Waals surface area contributed by atoms with Crippen LogP contribution in [0.2, 0.25) is 0 Å². The lowest BCUT2D eigenvalue weighted by Gasteiger charge is -2.12. The summed E-state index contributed by atoms with van der Waals surface area (Å²) in [5.41, 5.74) is 0. The van der Waals surface area contributed by atoms with Crippen molar-refractivity contribution >= 4 is 63.7 Å². The minimum atomic E-state index is 0.0693. The molecule has 0 spiro atoms. The summed E-state index contributed by atoms with van der Waals surface area (Å²) in [7, 11) is 0. The highest BCUT2D eigenvalue weighted by Crippen LogP contribution is 2.43. The van der Waals surface area contributed by atoms with Crippen molar-refractivity contribution in [1.29, 1.82) is 0 Å². The summed E-state index contributed by atoms with van der Waals surface area (Å²) in [4.78, 5) is 0. The van der Waals surface area contributed by atoms with Gasteiger partial charge in [0.1, 0.15) is 5.75 Å². The molecule has 18 heavy (non-hydrogen) atoms. The smallest absolute Gasteiger partial charge is 0.184 e. The highest BCUT2D eigenvalue weighted by Gasteiger charge is 2.13. The molecule has 1 N–H and O–H groups in total. The fraction of sp³-hybridized carbons (Fsp3) is 0. The van der Waals surface area contributed by atoms with Crippen molar-refractivity contribution in [3.63, 3.8) is 0 Å². The minimum Gasteiger partial charge on any atom is -0.504 e. The summed E-state index contributed by atoms with van der Waals surface area (Å²) in [5.74, 6) is 1.06. The van der Waals surface area contributed by atoms with E-state index >= 15 is 0 Å². The second kappa shape index (κ2) is 5.94. The summed E-state index contributed by atoms with van der Waals surface area (Å²) in [6.45, 7) is 0. The predicted octanol–water partition coefficient (Wildman–Crippen LogP) is 6.23. The average molecular weight is 502 g/mol. The molecule has 0 aliphatic carbocycles. The molecular weight excluding hydrogens is 496 g/mol. The predicted molar refractivity (Wildman–Crippen MR) is 85.4 cm³/mol. The van der Waals surface area contributed by atoms with Crippen LogP contribution in [0.3, 0.4) is 0 Å². The molecule has 94 valence electrons. The summed E-state index contributed by atoms with van der Waals surface area (Å²) < 4.78 is 8.92. The third-order valence-electron chi connectivity index (χ3n) is 2.14. The first kappa shape index (κ1) is 14.4. The maximum absolute atomic E-state index is 9.82. The normalized spacial score (nSPS) is 10.4. The van der Waals surface area contributed by atoms with E-state index in [1.165, 1.54) is 0 Å². The Labute approximate surface area is 138 Å². The van der Waals surface area contributed by atoms with Crippen molar-refractivity contribution in [2.75, 3.05) is 0 Å². The van der Waals surface area contributed by atoms with E-state index in [4.69, 9.17) is 4.74 Å². The van der Waals surface area contributed by atoms with Crippen LogP contribution in [-0.4, -0.2) is 5.11 Å². The van der Waals surface area contributed by atoms with Gasteiger partial charge in [0.15, 0.2) is 11.5 Å². The topological polar surface area (TPSA) is 29.5 Å². The largest absolute Gasteiger partial charge is 0.504 e. The van der Waals surface area contributed by atoms with E-state index in [0.717, 1.165) is 13.4 Å². The molecule has 0 saturated carbocycles. The van der Waals surface area contributed by atoms with Crippen LogP contribution in [0.4, 0.5) is 0 Å². The SMILES string of the molecule is Oc1ccc(Br)c(Br)c1Oc1ccc(Br)cc1Br. The van der Waals surface area contributed by atoms with Gasteiger partial charge in [-0.15, -0.1) is 0 Å². The first-order chi connectivity index (χ1) is 8.49. The summed E-state index contributed by atoms with van der Waals surface area (Å²) in [6.07, 6.45) is 0. The van der Waals surface area contributed by atoms with Crippen LogP contribution >= 0.6 is 63.7 Å². The van der Waals surface area contributed by atoms with Gasteiger partial charge in [-0.2, -0.15) is 0 Å². The molecule has 0 saturated heterocycles. The van der Waals surface area contributed by atoms with Gasteiger partial charge in [0.2, 0.25) is 0 Å². The van der Waals surface area contributed by atoms with E-state index in [2.05, 4.69) is 63.7 Å². The number of ether oxygens (including phenoxy) is 1. The van der Waals surface area contributed by atoms with Crippen molar-refractivity contribution in [2.45, 2.75) is 0 Å². The lowest BCUT2D eigenvalue weighted by atomic mass is 10.3. The minimum absolute atomic E-state index is 0.0693. The van der Waals surface area contributed by atoms with Crippen LogP contribution in [0.25, 0.3) is 0 Å². The number of aromatic hydroxyl groups is 1. The third kappa shape index (κ3) is 3.10. The molecule has 0 aromatic heterocycles. The quantitative estimate of drug-likeness (QED) is 0.528. The van der Waals surface area contributed by atoms with Crippen molar-refractivity contribution in [3.8, 4) is 17.2 Å². The van der Waals surface area contributed by atoms with E-state index in [0.29, 0.717) is 16.0 Å². The van der Waals surface area contributed by atoms with Crippen LogP contribution < -0.4 is 4.74 Å². The van der Waals surface area contributed by atoms with Gasteiger partial charge in [-0.05, 0) is 78.1 Å². The zero-order chi connectivity index (χ0) is 13.3. The Balaban J connectivity index is 2.43. The van der Waals surface area contributed by atoms with Crippen LogP contribution in [0.15, 0.2) is 48.2 Å². The Hall–Kier alpha value is -0.0400. The number of benzene rings is 2. The van der Waals surface area contributed by atoms with E-state index in [1.54, 1.807) is 18.2 Å². The summed E-state index contributed by atoms with van der Waals surface area (Å²) >= 11 is 13.5. The van der Waals surface area contributed by atoms with Crippen LogP contribution in [0.1, 0.15) is 0 Å². The van der Waals surface area contributed by atoms with Gasteiger partial charge < -0.3 is 9.84 Å². The van der Waals surface area contributed by atoms with Gasteiger partial charge in [-0.3, -0.25) is 0 Å². The lowest BCUT2D eigenvalue weighted by Crippen LogP contribution is -1.88. The van der Waals surface area contributed by atoms with Crippen molar-refractivity contribution in [2.24, 2.45) is 0 Å². The maximum Gasteiger partial charge on any atom is 0.184 e. The van der Waals surface area contributed by atoms with Crippen molar-refractivity contribution in [1.82, 2.24) is 0 Å². The number of hydrogen-bond acceptors (Lipinski definition) is 2. The number of phenolic OH excluding ortho intramolecular Hbond substituents is 1. The number of hydrogen-bond donors (Lipinski definition) is 1. The average Bonchev–Trinajstić information content (AvgIpc) is 2.32. The molecule has 0 amide bonds. The second-order valence-electron chi connectivity index (χ2n) is 3.39. The van der Waals surface area contributed by atoms with Crippen LogP contribution in [0, 0.1) is 0 Å². The van der Waals surface area contributed by atoms with E-state index in [-0.39, 0.29) is 5.75 Å². The first-order valence-electron chi connectivity index (χ1n) is 4.79. The molecule has 2 aromatic carbocycles. The molecule has 0 fully saturated rings. The van der Waals surface area contributed by atoms with Gasteiger partial charge in [-0.25, -0.2) is 0 Å². The van der Waals surface area contributed by atoms with Crippen molar-refractivity contribution < 1.29 is 9.84 Å². The number of halogens is 4. The molecule has 0 aliphatic heterocycles. The Morgan fingerprint density at radius 1 is 0.889 bits per heavy atom. The molecule has 0 bridgehead atoms. The Bertz CT molecular complexity index is 599. The summed E-state index contributed by atoms with van der Waals surface area (Å²) in [6, 6.07) is 8.85. The number of rotatable bonds is 2. The number of phenols is 1. The molecule has 2 aromatic rings. The molecular formula is C12H6Br4O2. The molecule has 2 rings (SSSR count). The zero-order valence-corrected chi connectivity index (χ0v) is 15.1. The van der Waals surface area contributed by atoms with Gasteiger partial charge in [0.05, 0.1) is 8.95 Å². The summed E-state index contributed by atoms with van der Waals surface area (Å²) in [5, 5.41) is 9.82. The van der Waals surface area contributed by atoms with E-state index in [9.17, 15) is 5.11 Å². The fourth-order valence-corrected chi connectivity index (χ4v) is 3.14. The van der Waals surface area contributed by atoms with E-state index in [1.807, 2.05) is 12.1 Å². The monoisotopic (exact) mass is 498 g/mol. The maximum atomic E-state index is 9.82. The highest BCUT2D eigenvalue weighted by molar-refractivity contribution is 9.13. The molecule has 6 heteroatoms.